The lowest BCUT2D eigenvalue weighted by molar-refractivity contribution is -0.137. The van der Waals surface area contributed by atoms with E-state index in [4.69, 9.17) is 4.74 Å². The van der Waals surface area contributed by atoms with Crippen LogP contribution in [0.3, 0.4) is 0 Å². The molecule has 3 amide bonds. The van der Waals surface area contributed by atoms with Gasteiger partial charge in [0.25, 0.3) is 0 Å². The molecule has 0 aliphatic carbocycles. The number of carbonyl (C=O) groups excluding carboxylic acids is 3. The van der Waals surface area contributed by atoms with Gasteiger partial charge in [0.2, 0.25) is 11.8 Å². The van der Waals surface area contributed by atoms with E-state index < -0.39 is 0 Å². The maximum Gasteiger partial charge on any atom is 0.409 e. The zero-order valence-electron chi connectivity index (χ0n) is 17.5. The average molecular weight is 402 g/mol. The molecule has 1 aromatic rings. The van der Waals surface area contributed by atoms with Crippen molar-refractivity contribution in [3.8, 4) is 0 Å². The van der Waals surface area contributed by atoms with Crippen molar-refractivity contribution in [2.75, 3.05) is 39.3 Å². The van der Waals surface area contributed by atoms with Gasteiger partial charge in [-0.15, -0.1) is 0 Å². The summed E-state index contributed by atoms with van der Waals surface area (Å²) in [5, 5.41) is 0. The number of ether oxygens (including phenoxy) is 1. The third kappa shape index (κ3) is 5.08. The number of benzene rings is 1. The standard InChI is InChI=1S/C22H31N3O4/c1-16(2)15-29-22(28)24-11-9-23(10-12-24)21(27)19-13-20(26)25(14-19)17(3)18-7-5-4-6-8-18/h4-8,16-17,19H,9-15H2,1-3H3. The van der Waals surface area contributed by atoms with Gasteiger partial charge in [-0.1, -0.05) is 44.2 Å². The summed E-state index contributed by atoms with van der Waals surface area (Å²) < 4.78 is 5.27. The van der Waals surface area contributed by atoms with Crippen molar-refractivity contribution in [2.45, 2.75) is 33.2 Å². The van der Waals surface area contributed by atoms with Crippen LogP contribution in [0.4, 0.5) is 4.79 Å². The van der Waals surface area contributed by atoms with Crippen molar-refractivity contribution in [3.05, 3.63) is 35.9 Å². The molecule has 2 atom stereocenters. The quantitative estimate of drug-likeness (QED) is 0.760. The Morgan fingerprint density at radius 3 is 2.28 bits per heavy atom. The van der Waals surface area contributed by atoms with Gasteiger partial charge < -0.3 is 19.4 Å². The molecule has 158 valence electrons. The Bertz CT molecular complexity index is 729. The minimum Gasteiger partial charge on any atom is -0.449 e. The first-order chi connectivity index (χ1) is 13.9. The van der Waals surface area contributed by atoms with Gasteiger partial charge >= 0.3 is 6.09 Å². The number of hydrogen-bond donors (Lipinski definition) is 0. The van der Waals surface area contributed by atoms with Crippen molar-refractivity contribution in [1.82, 2.24) is 14.7 Å². The topological polar surface area (TPSA) is 70.2 Å². The number of amides is 3. The lowest BCUT2D eigenvalue weighted by Gasteiger charge is -2.35. The number of carbonyl (C=O) groups is 3. The lowest BCUT2D eigenvalue weighted by Crippen LogP contribution is -2.52. The van der Waals surface area contributed by atoms with Crippen LogP contribution in [0.1, 0.15) is 38.8 Å². The predicted molar refractivity (Wildman–Crippen MR) is 109 cm³/mol. The summed E-state index contributed by atoms with van der Waals surface area (Å²) in [7, 11) is 0. The highest BCUT2D eigenvalue weighted by molar-refractivity contribution is 5.89. The molecule has 0 saturated carbocycles. The number of likely N-dealkylation sites (tertiary alicyclic amines) is 1. The first kappa shape index (κ1) is 21.1. The minimum atomic E-state index is -0.315. The molecule has 3 rings (SSSR count). The third-order valence-electron chi connectivity index (χ3n) is 5.65. The van der Waals surface area contributed by atoms with Crippen molar-refractivity contribution >= 4 is 17.9 Å². The Balaban J connectivity index is 1.51. The number of rotatable bonds is 5. The fourth-order valence-electron chi connectivity index (χ4n) is 3.88. The molecule has 2 aliphatic heterocycles. The van der Waals surface area contributed by atoms with Crippen molar-refractivity contribution in [1.29, 1.82) is 0 Å². The van der Waals surface area contributed by atoms with Crippen LogP contribution < -0.4 is 0 Å². The van der Waals surface area contributed by atoms with Gasteiger partial charge in [0.1, 0.15) is 0 Å². The molecular weight excluding hydrogens is 370 g/mol. The van der Waals surface area contributed by atoms with Crippen LogP contribution in [-0.2, 0) is 14.3 Å². The van der Waals surface area contributed by atoms with E-state index >= 15 is 0 Å². The highest BCUT2D eigenvalue weighted by Gasteiger charge is 2.39. The largest absolute Gasteiger partial charge is 0.449 e. The fraction of sp³-hybridized carbons (Fsp3) is 0.591. The fourth-order valence-corrected chi connectivity index (χ4v) is 3.88. The second-order valence-corrected chi connectivity index (χ2v) is 8.32. The maximum atomic E-state index is 13.0. The summed E-state index contributed by atoms with van der Waals surface area (Å²) >= 11 is 0. The van der Waals surface area contributed by atoms with Crippen LogP contribution in [0.2, 0.25) is 0 Å². The van der Waals surface area contributed by atoms with Crippen LogP contribution in [0.15, 0.2) is 30.3 Å². The van der Waals surface area contributed by atoms with E-state index in [1.807, 2.05) is 51.1 Å². The molecule has 0 aromatic heterocycles. The lowest BCUT2D eigenvalue weighted by atomic mass is 10.1. The number of hydrogen-bond acceptors (Lipinski definition) is 4. The Hall–Kier alpha value is -2.57. The van der Waals surface area contributed by atoms with Gasteiger partial charge in [0, 0.05) is 39.1 Å². The van der Waals surface area contributed by atoms with E-state index in [2.05, 4.69) is 0 Å². The molecule has 0 N–H and O–H groups in total. The Labute approximate surface area is 172 Å². The van der Waals surface area contributed by atoms with E-state index in [1.165, 1.54) is 0 Å². The molecule has 2 saturated heterocycles. The smallest absolute Gasteiger partial charge is 0.409 e. The zero-order chi connectivity index (χ0) is 21.0. The Kier molecular flexibility index (Phi) is 6.77. The molecule has 2 fully saturated rings. The van der Waals surface area contributed by atoms with Gasteiger partial charge in [-0.2, -0.15) is 0 Å². The van der Waals surface area contributed by atoms with Crippen LogP contribution >= 0.6 is 0 Å². The first-order valence-corrected chi connectivity index (χ1v) is 10.4. The van der Waals surface area contributed by atoms with Crippen LogP contribution in [0.5, 0.6) is 0 Å². The number of nitrogens with zero attached hydrogens (tertiary/aromatic N) is 3. The van der Waals surface area contributed by atoms with Crippen molar-refractivity contribution in [2.24, 2.45) is 11.8 Å². The summed E-state index contributed by atoms with van der Waals surface area (Å²) in [6.45, 7) is 8.73. The predicted octanol–water partition coefficient (Wildman–Crippen LogP) is 2.53. The average Bonchev–Trinajstić information content (AvgIpc) is 3.13. The van der Waals surface area contributed by atoms with Gasteiger partial charge in [0.15, 0.2) is 0 Å². The molecule has 7 heteroatoms. The molecule has 0 bridgehead atoms. The van der Waals surface area contributed by atoms with Crippen LogP contribution in [0, 0.1) is 11.8 Å². The van der Waals surface area contributed by atoms with E-state index in [0.29, 0.717) is 45.2 Å². The van der Waals surface area contributed by atoms with Crippen molar-refractivity contribution in [3.63, 3.8) is 0 Å². The highest BCUT2D eigenvalue weighted by atomic mass is 16.6. The van der Waals surface area contributed by atoms with Gasteiger partial charge in [-0.05, 0) is 18.4 Å². The van der Waals surface area contributed by atoms with Crippen molar-refractivity contribution < 1.29 is 19.1 Å². The Morgan fingerprint density at radius 1 is 1.03 bits per heavy atom. The second kappa shape index (κ2) is 9.29. The monoisotopic (exact) mass is 401 g/mol. The van der Waals surface area contributed by atoms with E-state index in [1.54, 1.807) is 14.7 Å². The molecule has 1 aromatic carbocycles. The first-order valence-electron chi connectivity index (χ1n) is 10.4. The maximum absolute atomic E-state index is 13.0. The molecular formula is C22H31N3O4. The molecule has 0 radical (unpaired) electrons. The SMILES string of the molecule is CC(C)COC(=O)N1CCN(C(=O)C2CC(=O)N(C(C)c3ccccc3)C2)CC1. The minimum absolute atomic E-state index is 0.0105. The normalized spacial score (nSPS) is 20.9. The van der Waals surface area contributed by atoms with E-state index in [-0.39, 0.29) is 36.3 Å². The van der Waals surface area contributed by atoms with Crippen LogP contribution in [-0.4, -0.2) is 71.9 Å². The third-order valence-corrected chi connectivity index (χ3v) is 5.65. The second-order valence-electron chi connectivity index (χ2n) is 8.32. The summed E-state index contributed by atoms with van der Waals surface area (Å²) in [6.07, 6.45) is -0.0585. The summed E-state index contributed by atoms with van der Waals surface area (Å²) in [5.74, 6) is 0.0166. The molecule has 7 nitrogen and oxygen atoms in total. The van der Waals surface area contributed by atoms with Gasteiger partial charge in [-0.3, -0.25) is 9.59 Å². The van der Waals surface area contributed by atoms with Gasteiger partial charge in [0.05, 0.1) is 18.6 Å². The summed E-state index contributed by atoms with van der Waals surface area (Å²) in [4.78, 5) is 42.8. The highest BCUT2D eigenvalue weighted by Crippen LogP contribution is 2.29. The molecule has 0 spiro atoms. The molecule has 2 aliphatic rings. The van der Waals surface area contributed by atoms with Crippen LogP contribution in [0.25, 0.3) is 0 Å². The molecule has 2 heterocycles. The summed E-state index contributed by atoms with van der Waals surface area (Å²) in [5.41, 5.74) is 1.07. The summed E-state index contributed by atoms with van der Waals surface area (Å²) in [6, 6.07) is 9.83. The number of piperazine rings is 1. The zero-order valence-corrected chi connectivity index (χ0v) is 17.5. The van der Waals surface area contributed by atoms with E-state index in [9.17, 15) is 14.4 Å². The molecule has 29 heavy (non-hydrogen) atoms. The van der Waals surface area contributed by atoms with E-state index in [0.717, 1.165) is 5.56 Å². The van der Waals surface area contributed by atoms with Gasteiger partial charge in [-0.25, -0.2) is 4.79 Å². The molecule has 2 unspecified atom stereocenters. The Morgan fingerprint density at radius 2 is 1.66 bits per heavy atom.